The van der Waals surface area contributed by atoms with E-state index >= 15 is 0 Å². The lowest BCUT2D eigenvalue weighted by atomic mass is 10.2. The van der Waals surface area contributed by atoms with Crippen molar-refractivity contribution < 1.29 is 5.11 Å². The summed E-state index contributed by atoms with van der Waals surface area (Å²) >= 11 is 1.98. The first-order valence-corrected chi connectivity index (χ1v) is 7.08. The fourth-order valence-corrected chi connectivity index (χ4v) is 3.14. The van der Waals surface area contributed by atoms with Crippen LogP contribution in [0.1, 0.15) is 6.92 Å². The van der Waals surface area contributed by atoms with E-state index in [0.29, 0.717) is 24.8 Å². The van der Waals surface area contributed by atoms with Crippen LogP contribution in [0.4, 0.5) is 5.69 Å². The number of β-amino-alcohol motifs (C(OH)–C–C–N with tert-alkyl or cyclic N) is 1. The molecule has 0 bridgehead atoms. The van der Waals surface area contributed by atoms with Gasteiger partial charge in [-0.1, -0.05) is 0 Å². The van der Waals surface area contributed by atoms with E-state index in [1.807, 2.05) is 11.8 Å². The summed E-state index contributed by atoms with van der Waals surface area (Å²) in [6.07, 6.45) is 2.96. The summed E-state index contributed by atoms with van der Waals surface area (Å²) in [7, 11) is 0. The number of nitrogen functional groups attached to an aromatic ring is 1. The van der Waals surface area contributed by atoms with Gasteiger partial charge >= 0.3 is 0 Å². The molecule has 0 saturated carbocycles. The molecule has 0 radical (unpaired) electrons. The second-order valence-corrected chi connectivity index (χ2v) is 5.72. The maximum atomic E-state index is 10.0. The van der Waals surface area contributed by atoms with E-state index in [0.717, 1.165) is 18.1 Å². The molecule has 5 nitrogen and oxygen atoms in total. The molecule has 2 heterocycles. The average molecular weight is 256 g/mol. The average Bonchev–Trinajstić information content (AvgIpc) is 2.67. The summed E-state index contributed by atoms with van der Waals surface area (Å²) in [6, 6.07) is 0.547. The summed E-state index contributed by atoms with van der Waals surface area (Å²) in [5, 5.41) is 14.1. The van der Waals surface area contributed by atoms with Gasteiger partial charge in [0.1, 0.15) is 0 Å². The van der Waals surface area contributed by atoms with Crippen molar-refractivity contribution in [2.24, 2.45) is 0 Å². The third-order valence-corrected chi connectivity index (χ3v) is 4.19. The Balaban J connectivity index is 1.82. The fraction of sp³-hybridized carbons (Fsp3) is 0.727. The minimum Gasteiger partial charge on any atom is -0.396 e. The molecule has 2 rings (SSSR count). The van der Waals surface area contributed by atoms with E-state index in [4.69, 9.17) is 5.73 Å². The standard InChI is InChI=1S/C11H20N4OS/c1-9-8-17-3-2-14(9)6-11(16)7-15-5-10(12)4-13-15/h4-5,9,11,16H,2-3,6-8,12H2,1H3. The van der Waals surface area contributed by atoms with E-state index in [2.05, 4.69) is 16.9 Å². The minimum atomic E-state index is -0.389. The predicted octanol–water partition coefficient (Wildman–Crippen LogP) is 0.263. The zero-order valence-corrected chi connectivity index (χ0v) is 10.9. The normalized spacial score (nSPS) is 23.8. The smallest absolute Gasteiger partial charge is 0.0862 e. The number of aliphatic hydroxyl groups is 1. The van der Waals surface area contributed by atoms with Crippen molar-refractivity contribution in [3.05, 3.63) is 12.4 Å². The maximum Gasteiger partial charge on any atom is 0.0862 e. The van der Waals surface area contributed by atoms with E-state index in [1.54, 1.807) is 17.1 Å². The van der Waals surface area contributed by atoms with Crippen molar-refractivity contribution >= 4 is 17.4 Å². The van der Waals surface area contributed by atoms with Crippen LogP contribution < -0.4 is 5.73 Å². The van der Waals surface area contributed by atoms with Crippen LogP contribution in [0, 0.1) is 0 Å². The van der Waals surface area contributed by atoms with Crippen molar-refractivity contribution in [2.45, 2.75) is 25.6 Å². The van der Waals surface area contributed by atoms with Crippen molar-refractivity contribution in [3.63, 3.8) is 0 Å². The SMILES string of the molecule is CC1CSCCN1CC(O)Cn1cc(N)cn1. The van der Waals surface area contributed by atoms with Gasteiger partial charge in [-0.2, -0.15) is 16.9 Å². The van der Waals surface area contributed by atoms with Gasteiger partial charge in [-0.05, 0) is 6.92 Å². The van der Waals surface area contributed by atoms with Crippen molar-refractivity contribution in [3.8, 4) is 0 Å². The number of thioether (sulfide) groups is 1. The molecule has 1 fully saturated rings. The maximum absolute atomic E-state index is 10.0. The number of hydrogen-bond donors (Lipinski definition) is 2. The van der Waals surface area contributed by atoms with Crippen molar-refractivity contribution in [2.75, 3.05) is 30.3 Å². The van der Waals surface area contributed by atoms with Gasteiger partial charge in [-0.15, -0.1) is 0 Å². The number of anilines is 1. The lowest BCUT2D eigenvalue weighted by molar-refractivity contribution is 0.0832. The molecule has 6 heteroatoms. The monoisotopic (exact) mass is 256 g/mol. The summed E-state index contributed by atoms with van der Waals surface area (Å²) in [5.41, 5.74) is 6.22. The molecular formula is C11H20N4OS. The Morgan fingerprint density at radius 3 is 3.12 bits per heavy atom. The molecule has 0 spiro atoms. The lowest BCUT2D eigenvalue weighted by Crippen LogP contribution is -2.45. The fourth-order valence-electron chi connectivity index (χ4n) is 2.06. The van der Waals surface area contributed by atoms with E-state index < -0.39 is 0 Å². The zero-order valence-electron chi connectivity index (χ0n) is 10.1. The largest absolute Gasteiger partial charge is 0.396 e. The highest BCUT2D eigenvalue weighted by Gasteiger charge is 2.21. The van der Waals surface area contributed by atoms with Crippen LogP contribution in [0.2, 0.25) is 0 Å². The highest BCUT2D eigenvalue weighted by Crippen LogP contribution is 2.16. The molecule has 0 aliphatic carbocycles. The quantitative estimate of drug-likeness (QED) is 0.809. The number of hydrogen-bond acceptors (Lipinski definition) is 5. The first kappa shape index (κ1) is 12.7. The summed E-state index contributed by atoms with van der Waals surface area (Å²) in [6.45, 7) is 4.49. The van der Waals surface area contributed by atoms with Gasteiger partial charge in [0.15, 0.2) is 0 Å². The van der Waals surface area contributed by atoms with Crippen LogP contribution in [0.15, 0.2) is 12.4 Å². The Morgan fingerprint density at radius 1 is 1.65 bits per heavy atom. The van der Waals surface area contributed by atoms with Gasteiger partial charge in [-0.3, -0.25) is 9.58 Å². The van der Waals surface area contributed by atoms with Gasteiger partial charge in [0.05, 0.1) is 24.5 Å². The molecule has 17 heavy (non-hydrogen) atoms. The zero-order chi connectivity index (χ0) is 12.3. The van der Waals surface area contributed by atoms with Gasteiger partial charge in [0.25, 0.3) is 0 Å². The first-order chi connectivity index (χ1) is 8.15. The molecule has 0 amide bonds. The Bertz CT molecular complexity index is 357. The minimum absolute atomic E-state index is 0.389. The third kappa shape index (κ3) is 3.62. The molecule has 1 aromatic rings. The van der Waals surface area contributed by atoms with Gasteiger partial charge in [-0.25, -0.2) is 0 Å². The van der Waals surface area contributed by atoms with Crippen molar-refractivity contribution in [1.82, 2.24) is 14.7 Å². The van der Waals surface area contributed by atoms with Crippen molar-refractivity contribution in [1.29, 1.82) is 0 Å². The van der Waals surface area contributed by atoms with Crippen LogP contribution in [0.25, 0.3) is 0 Å². The summed E-state index contributed by atoms with van der Waals surface area (Å²) in [4.78, 5) is 2.34. The summed E-state index contributed by atoms with van der Waals surface area (Å²) in [5.74, 6) is 2.31. The second kappa shape index (κ2) is 5.75. The lowest BCUT2D eigenvalue weighted by Gasteiger charge is -2.34. The molecule has 96 valence electrons. The number of nitrogens with zero attached hydrogens (tertiary/aromatic N) is 3. The van der Waals surface area contributed by atoms with Gasteiger partial charge in [0, 0.05) is 36.8 Å². The first-order valence-electron chi connectivity index (χ1n) is 5.93. The van der Waals surface area contributed by atoms with E-state index in [1.165, 1.54) is 0 Å². The molecular weight excluding hydrogens is 236 g/mol. The topological polar surface area (TPSA) is 67.3 Å². The molecule has 2 unspecified atom stereocenters. The molecule has 1 aromatic heterocycles. The Morgan fingerprint density at radius 2 is 2.47 bits per heavy atom. The highest BCUT2D eigenvalue weighted by molar-refractivity contribution is 7.99. The third-order valence-electron chi connectivity index (χ3n) is 3.00. The highest BCUT2D eigenvalue weighted by atomic mass is 32.2. The van der Waals surface area contributed by atoms with Crippen LogP contribution in [-0.2, 0) is 6.54 Å². The Labute approximate surface area is 106 Å². The Hall–Kier alpha value is -0.720. The molecule has 1 aliphatic rings. The van der Waals surface area contributed by atoms with Crippen LogP contribution >= 0.6 is 11.8 Å². The molecule has 0 aromatic carbocycles. The molecule has 3 N–H and O–H groups in total. The molecule has 1 saturated heterocycles. The van der Waals surface area contributed by atoms with Crippen LogP contribution in [-0.4, -0.2) is 56.5 Å². The number of aliphatic hydroxyl groups excluding tert-OH is 1. The number of nitrogens with two attached hydrogens (primary N) is 1. The van der Waals surface area contributed by atoms with Crippen LogP contribution in [0.3, 0.4) is 0 Å². The Kier molecular flexibility index (Phi) is 4.31. The molecule has 1 aliphatic heterocycles. The van der Waals surface area contributed by atoms with Gasteiger partial charge < -0.3 is 10.8 Å². The number of rotatable bonds is 4. The summed E-state index contributed by atoms with van der Waals surface area (Å²) < 4.78 is 1.70. The van der Waals surface area contributed by atoms with Crippen LogP contribution in [0.5, 0.6) is 0 Å². The van der Waals surface area contributed by atoms with E-state index in [9.17, 15) is 5.11 Å². The number of aromatic nitrogens is 2. The predicted molar refractivity (Wildman–Crippen MR) is 71.0 cm³/mol. The van der Waals surface area contributed by atoms with Gasteiger partial charge in [0.2, 0.25) is 0 Å². The molecule has 2 atom stereocenters. The van der Waals surface area contributed by atoms with E-state index in [-0.39, 0.29) is 6.10 Å². The second-order valence-electron chi connectivity index (χ2n) is 4.57.